The predicted molar refractivity (Wildman–Crippen MR) is 64.0 cm³/mol. The van der Waals surface area contributed by atoms with Gasteiger partial charge in [-0.25, -0.2) is 10.8 Å². The number of hydrazine groups is 1. The Morgan fingerprint density at radius 2 is 2.50 bits per heavy atom. The summed E-state index contributed by atoms with van der Waals surface area (Å²) in [6.45, 7) is 2.10. The van der Waals surface area contributed by atoms with Crippen molar-refractivity contribution in [3.63, 3.8) is 0 Å². The minimum absolute atomic E-state index is 0.435. The van der Waals surface area contributed by atoms with E-state index in [0.29, 0.717) is 12.0 Å². The smallest absolute Gasteiger partial charge is 0.239 e. The number of likely N-dealkylation sites (tertiary alicyclic amines) is 1. The minimum Gasteiger partial charge on any atom is -0.368 e. The molecule has 0 amide bonds. The molecule has 2 heterocycles. The lowest BCUT2D eigenvalue weighted by atomic mass is 10.2. The highest BCUT2D eigenvalue weighted by molar-refractivity contribution is 5.38. The second kappa shape index (κ2) is 5.09. The molecule has 1 fully saturated rings. The maximum atomic E-state index is 5.25. The number of hydrogen-bond donors (Lipinski definition) is 3. The van der Waals surface area contributed by atoms with Crippen molar-refractivity contribution >= 4 is 11.8 Å². The van der Waals surface area contributed by atoms with Gasteiger partial charge in [0.25, 0.3) is 0 Å². The van der Waals surface area contributed by atoms with Gasteiger partial charge in [-0.05, 0) is 32.5 Å². The largest absolute Gasteiger partial charge is 0.368 e. The van der Waals surface area contributed by atoms with E-state index in [1.807, 2.05) is 6.07 Å². The van der Waals surface area contributed by atoms with Crippen molar-refractivity contribution in [2.24, 2.45) is 5.84 Å². The zero-order chi connectivity index (χ0) is 11.4. The predicted octanol–water partition coefficient (Wildman–Crippen LogP) is 0.268. The zero-order valence-corrected chi connectivity index (χ0v) is 9.48. The van der Waals surface area contributed by atoms with Gasteiger partial charge in [0.2, 0.25) is 5.95 Å². The molecule has 4 N–H and O–H groups in total. The lowest BCUT2D eigenvalue weighted by Gasteiger charge is -2.19. The van der Waals surface area contributed by atoms with Crippen molar-refractivity contribution < 1.29 is 0 Å². The molecule has 1 saturated heterocycles. The van der Waals surface area contributed by atoms with Crippen LogP contribution in [-0.4, -0.2) is 41.0 Å². The van der Waals surface area contributed by atoms with Gasteiger partial charge in [0.1, 0.15) is 5.82 Å². The van der Waals surface area contributed by atoms with Crippen molar-refractivity contribution in [3.05, 3.63) is 12.3 Å². The fourth-order valence-corrected chi connectivity index (χ4v) is 1.99. The summed E-state index contributed by atoms with van der Waals surface area (Å²) in [5.74, 6) is 6.49. The molecule has 6 heteroatoms. The number of nitrogens with one attached hydrogen (secondary N) is 2. The Morgan fingerprint density at radius 1 is 1.62 bits per heavy atom. The summed E-state index contributed by atoms with van der Waals surface area (Å²) in [7, 11) is 2.16. The molecule has 16 heavy (non-hydrogen) atoms. The molecule has 0 saturated carbocycles. The van der Waals surface area contributed by atoms with Gasteiger partial charge in [-0.3, -0.25) is 5.43 Å². The SMILES string of the molecule is CN1CCCC1CNc1ccnc(NN)n1. The highest BCUT2D eigenvalue weighted by atomic mass is 15.3. The Balaban J connectivity index is 1.88. The van der Waals surface area contributed by atoms with Crippen LogP contribution in [0.2, 0.25) is 0 Å². The fraction of sp³-hybridized carbons (Fsp3) is 0.600. The molecule has 0 spiro atoms. The van der Waals surface area contributed by atoms with Gasteiger partial charge < -0.3 is 10.2 Å². The summed E-state index contributed by atoms with van der Waals surface area (Å²) < 4.78 is 0. The standard InChI is InChI=1S/C10H18N6/c1-16-6-2-3-8(16)7-13-9-4-5-12-10(14-9)15-11/h4-5,8H,2-3,6-7,11H2,1H3,(H2,12,13,14,15). The quantitative estimate of drug-likeness (QED) is 0.501. The highest BCUT2D eigenvalue weighted by Crippen LogP contribution is 2.15. The molecule has 2 rings (SSSR count). The molecule has 1 atom stereocenters. The van der Waals surface area contributed by atoms with Crippen LogP contribution in [0.1, 0.15) is 12.8 Å². The van der Waals surface area contributed by atoms with Gasteiger partial charge in [-0.2, -0.15) is 4.98 Å². The van der Waals surface area contributed by atoms with Crippen LogP contribution in [0.5, 0.6) is 0 Å². The van der Waals surface area contributed by atoms with Crippen molar-refractivity contribution in [2.75, 3.05) is 30.9 Å². The van der Waals surface area contributed by atoms with Crippen LogP contribution in [-0.2, 0) is 0 Å². The van der Waals surface area contributed by atoms with Crippen molar-refractivity contribution in [3.8, 4) is 0 Å². The maximum absolute atomic E-state index is 5.25. The van der Waals surface area contributed by atoms with E-state index in [1.165, 1.54) is 19.4 Å². The number of nitrogen functional groups attached to an aromatic ring is 1. The molecule has 88 valence electrons. The van der Waals surface area contributed by atoms with Gasteiger partial charge in [0, 0.05) is 18.8 Å². The summed E-state index contributed by atoms with van der Waals surface area (Å²) in [5.41, 5.74) is 2.43. The number of likely N-dealkylation sites (N-methyl/N-ethyl adjacent to an activating group) is 1. The first-order valence-electron chi connectivity index (χ1n) is 5.53. The lowest BCUT2D eigenvalue weighted by Crippen LogP contribution is -2.31. The van der Waals surface area contributed by atoms with E-state index in [2.05, 4.69) is 32.7 Å². The Labute approximate surface area is 95.2 Å². The van der Waals surface area contributed by atoms with Crippen LogP contribution < -0.4 is 16.6 Å². The van der Waals surface area contributed by atoms with Gasteiger partial charge >= 0.3 is 0 Å². The Bertz CT molecular complexity index is 342. The third kappa shape index (κ3) is 2.59. The molecule has 1 aromatic rings. The van der Waals surface area contributed by atoms with E-state index in [0.717, 1.165) is 12.4 Å². The monoisotopic (exact) mass is 222 g/mol. The average molecular weight is 222 g/mol. The number of aromatic nitrogens is 2. The number of nitrogens with zero attached hydrogens (tertiary/aromatic N) is 3. The summed E-state index contributed by atoms with van der Waals surface area (Å²) in [4.78, 5) is 10.5. The van der Waals surface area contributed by atoms with Crippen molar-refractivity contribution in [1.82, 2.24) is 14.9 Å². The summed E-state index contributed by atoms with van der Waals surface area (Å²) >= 11 is 0. The van der Waals surface area contributed by atoms with Gasteiger partial charge in [-0.1, -0.05) is 0 Å². The second-order valence-corrected chi connectivity index (χ2v) is 4.07. The molecule has 0 aliphatic carbocycles. The van der Waals surface area contributed by atoms with Crippen LogP contribution in [0.4, 0.5) is 11.8 Å². The highest BCUT2D eigenvalue weighted by Gasteiger charge is 2.20. The Kier molecular flexibility index (Phi) is 3.53. The molecule has 6 nitrogen and oxygen atoms in total. The lowest BCUT2D eigenvalue weighted by molar-refractivity contribution is 0.322. The minimum atomic E-state index is 0.435. The van der Waals surface area contributed by atoms with E-state index in [9.17, 15) is 0 Å². The molecular formula is C10H18N6. The van der Waals surface area contributed by atoms with E-state index in [4.69, 9.17) is 5.84 Å². The molecule has 1 aromatic heterocycles. The third-order valence-corrected chi connectivity index (χ3v) is 2.97. The molecule has 0 bridgehead atoms. The molecule has 0 radical (unpaired) electrons. The van der Waals surface area contributed by atoms with Crippen LogP contribution in [0.3, 0.4) is 0 Å². The third-order valence-electron chi connectivity index (χ3n) is 2.97. The molecular weight excluding hydrogens is 204 g/mol. The first-order chi connectivity index (χ1) is 7.79. The summed E-state index contributed by atoms with van der Waals surface area (Å²) in [6.07, 6.45) is 4.21. The Hall–Kier alpha value is -1.40. The van der Waals surface area contributed by atoms with E-state index < -0.39 is 0 Å². The normalized spacial score (nSPS) is 21.0. The van der Waals surface area contributed by atoms with Gasteiger partial charge in [0.15, 0.2) is 0 Å². The van der Waals surface area contributed by atoms with Crippen LogP contribution in [0, 0.1) is 0 Å². The molecule has 1 aliphatic rings. The number of rotatable bonds is 4. The van der Waals surface area contributed by atoms with Crippen LogP contribution >= 0.6 is 0 Å². The summed E-state index contributed by atoms with van der Waals surface area (Å²) in [6, 6.07) is 2.44. The number of nitrogens with two attached hydrogens (primary N) is 1. The molecule has 1 unspecified atom stereocenters. The van der Waals surface area contributed by atoms with Crippen LogP contribution in [0.15, 0.2) is 12.3 Å². The first kappa shape index (κ1) is 11.1. The van der Waals surface area contributed by atoms with E-state index in [-0.39, 0.29) is 0 Å². The first-order valence-corrected chi connectivity index (χ1v) is 5.53. The zero-order valence-electron chi connectivity index (χ0n) is 9.48. The molecule has 1 aliphatic heterocycles. The maximum Gasteiger partial charge on any atom is 0.239 e. The van der Waals surface area contributed by atoms with E-state index in [1.54, 1.807) is 6.20 Å². The van der Waals surface area contributed by atoms with Gasteiger partial charge in [0.05, 0.1) is 0 Å². The second-order valence-electron chi connectivity index (χ2n) is 4.07. The topological polar surface area (TPSA) is 79.1 Å². The van der Waals surface area contributed by atoms with Crippen LogP contribution in [0.25, 0.3) is 0 Å². The fourth-order valence-electron chi connectivity index (χ4n) is 1.99. The number of hydrogen-bond acceptors (Lipinski definition) is 6. The molecule has 0 aromatic carbocycles. The Morgan fingerprint density at radius 3 is 3.19 bits per heavy atom. The van der Waals surface area contributed by atoms with E-state index >= 15 is 0 Å². The summed E-state index contributed by atoms with van der Waals surface area (Å²) in [5, 5.41) is 3.30. The van der Waals surface area contributed by atoms with Crippen molar-refractivity contribution in [1.29, 1.82) is 0 Å². The average Bonchev–Trinajstić information content (AvgIpc) is 2.72. The van der Waals surface area contributed by atoms with Crippen molar-refractivity contribution in [2.45, 2.75) is 18.9 Å². The van der Waals surface area contributed by atoms with Gasteiger partial charge in [-0.15, -0.1) is 0 Å². The number of anilines is 2.